The number of benzene rings is 1. The zero-order valence-corrected chi connectivity index (χ0v) is 18.0. The van der Waals surface area contributed by atoms with Gasteiger partial charge in [0.25, 0.3) is 15.9 Å². The quantitative estimate of drug-likeness (QED) is 0.478. The first-order valence-electron chi connectivity index (χ1n) is 7.59. The minimum atomic E-state index is -3.83. The van der Waals surface area contributed by atoms with Gasteiger partial charge < -0.3 is 4.74 Å². The minimum absolute atomic E-state index is 0.00701. The molecule has 0 atom stereocenters. The van der Waals surface area contributed by atoms with Crippen LogP contribution in [-0.4, -0.2) is 31.9 Å². The van der Waals surface area contributed by atoms with Crippen molar-refractivity contribution in [3.63, 3.8) is 0 Å². The lowest BCUT2D eigenvalue weighted by molar-refractivity contribution is -0.119. The first-order chi connectivity index (χ1) is 13.3. The van der Waals surface area contributed by atoms with Gasteiger partial charge in [0.05, 0.1) is 21.2 Å². The summed E-state index contributed by atoms with van der Waals surface area (Å²) in [5, 5.41) is 4.48. The van der Waals surface area contributed by atoms with Crippen molar-refractivity contribution in [2.24, 2.45) is 0 Å². The van der Waals surface area contributed by atoms with Gasteiger partial charge >= 0.3 is 5.97 Å². The van der Waals surface area contributed by atoms with Crippen LogP contribution in [0.3, 0.4) is 0 Å². The first-order valence-corrected chi connectivity index (χ1v) is 11.6. The molecule has 0 spiro atoms. The molecule has 2 aromatic heterocycles. The summed E-state index contributed by atoms with van der Waals surface area (Å²) in [6.07, 6.45) is 1.53. The van der Waals surface area contributed by atoms with Gasteiger partial charge in [-0.1, -0.05) is 29.5 Å². The summed E-state index contributed by atoms with van der Waals surface area (Å²) in [6.45, 7) is -0.540. The van der Waals surface area contributed by atoms with Crippen molar-refractivity contribution in [1.82, 2.24) is 4.98 Å². The fraction of sp³-hybridized carbons (Fsp3) is 0.0625. The number of thiophene rings is 1. The van der Waals surface area contributed by atoms with Crippen LogP contribution in [-0.2, 0) is 19.6 Å². The molecule has 2 heterocycles. The molecule has 146 valence electrons. The van der Waals surface area contributed by atoms with E-state index in [9.17, 15) is 18.0 Å². The number of para-hydroxylation sites is 1. The zero-order chi connectivity index (χ0) is 20.1. The van der Waals surface area contributed by atoms with Crippen molar-refractivity contribution in [3.8, 4) is 0 Å². The average Bonchev–Trinajstić information content (AvgIpc) is 3.32. The fourth-order valence-electron chi connectivity index (χ4n) is 2.04. The molecule has 0 aliphatic rings. The van der Waals surface area contributed by atoms with Gasteiger partial charge in [-0.2, -0.15) is 0 Å². The second-order valence-electron chi connectivity index (χ2n) is 5.18. The second-order valence-corrected chi connectivity index (χ2v) is 10.4. The van der Waals surface area contributed by atoms with Crippen molar-refractivity contribution < 1.29 is 22.7 Å². The Labute approximate surface area is 176 Å². The molecule has 0 saturated heterocycles. The van der Waals surface area contributed by atoms with Crippen LogP contribution in [0.25, 0.3) is 0 Å². The number of esters is 1. The van der Waals surface area contributed by atoms with Gasteiger partial charge in [-0.05, 0) is 39.5 Å². The molecule has 0 aliphatic carbocycles. The van der Waals surface area contributed by atoms with Crippen LogP contribution in [0, 0.1) is 0 Å². The van der Waals surface area contributed by atoms with E-state index in [-0.39, 0.29) is 15.5 Å². The van der Waals surface area contributed by atoms with Gasteiger partial charge in [0.1, 0.15) is 4.21 Å². The largest absolute Gasteiger partial charge is 0.452 e. The molecule has 8 nitrogen and oxygen atoms in total. The van der Waals surface area contributed by atoms with Crippen LogP contribution in [0.2, 0.25) is 0 Å². The zero-order valence-electron chi connectivity index (χ0n) is 13.9. The number of ether oxygens (including phenoxy) is 1. The molecule has 0 saturated carbocycles. The van der Waals surface area contributed by atoms with Crippen LogP contribution in [0.1, 0.15) is 10.4 Å². The standard InChI is InChI=1S/C16H12BrN3O5S3/c17-12-8-18-16(27-12)19-13(21)9-25-15(22)10-4-1-2-5-11(10)20-28(23,24)14-6-3-7-26-14/h1-8,20H,9H2,(H,18,19,21). The number of hydrogen-bond acceptors (Lipinski definition) is 8. The van der Waals surface area contributed by atoms with Crippen molar-refractivity contribution in [3.05, 3.63) is 57.3 Å². The Morgan fingerprint density at radius 2 is 1.96 bits per heavy atom. The van der Waals surface area contributed by atoms with Gasteiger partial charge in [-0.15, -0.1) is 11.3 Å². The molecule has 0 radical (unpaired) electrons. The lowest BCUT2D eigenvalue weighted by Crippen LogP contribution is -2.22. The van der Waals surface area contributed by atoms with E-state index in [1.54, 1.807) is 23.6 Å². The van der Waals surface area contributed by atoms with Crippen LogP contribution >= 0.6 is 38.6 Å². The first kappa shape index (κ1) is 20.5. The van der Waals surface area contributed by atoms with Crippen molar-refractivity contribution in [1.29, 1.82) is 0 Å². The molecule has 0 unspecified atom stereocenters. The van der Waals surface area contributed by atoms with E-state index in [0.717, 1.165) is 15.1 Å². The molecule has 0 fully saturated rings. The topological polar surface area (TPSA) is 114 Å². The van der Waals surface area contributed by atoms with Gasteiger partial charge in [0.15, 0.2) is 11.7 Å². The number of nitrogens with one attached hydrogen (secondary N) is 2. The normalized spacial score (nSPS) is 11.0. The van der Waals surface area contributed by atoms with E-state index in [1.807, 2.05) is 0 Å². The van der Waals surface area contributed by atoms with E-state index in [0.29, 0.717) is 5.13 Å². The second kappa shape index (κ2) is 8.82. The van der Waals surface area contributed by atoms with Crippen LogP contribution in [0.5, 0.6) is 0 Å². The number of rotatable bonds is 7. The maximum absolute atomic E-state index is 12.4. The number of aromatic nitrogens is 1. The average molecular weight is 502 g/mol. The summed E-state index contributed by atoms with van der Waals surface area (Å²) >= 11 is 5.49. The number of carbonyl (C=O) groups is 2. The molecule has 0 bridgehead atoms. The number of hydrogen-bond donors (Lipinski definition) is 2. The Kier molecular flexibility index (Phi) is 6.44. The van der Waals surface area contributed by atoms with E-state index in [4.69, 9.17) is 4.74 Å². The number of halogens is 1. The summed E-state index contributed by atoms with van der Waals surface area (Å²) in [5.41, 5.74) is 0.0533. The van der Waals surface area contributed by atoms with Crippen molar-refractivity contribution in [2.75, 3.05) is 16.6 Å². The summed E-state index contributed by atoms with van der Waals surface area (Å²) < 4.78 is 33.0. The smallest absolute Gasteiger partial charge is 0.340 e. The number of nitrogens with zero attached hydrogens (tertiary/aromatic N) is 1. The summed E-state index contributed by atoms with van der Waals surface area (Å²) in [7, 11) is -3.83. The lowest BCUT2D eigenvalue weighted by Gasteiger charge is -2.11. The maximum atomic E-state index is 12.4. The third-order valence-electron chi connectivity index (χ3n) is 3.21. The van der Waals surface area contributed by atoms with Crippen LogP contribution in [0.4, 0.5) is 10.8 Å². The van der Waals surface area contributed by atoms with E-state index in [2.05, 4.69) is 31.0 Å². The number of anilines is 2. The van der Waals surface area contributed by atoms with Crippen molar-refractivity contribution >= 4 is 71.3 Å². The molecule has 3 aromatic rings. The van der Waals surface area contributed by atoms with Gasteiger partial charge in [-0.25, -0.2) is 18.2 Å². The molecule has 12 heteroatoms. The number of carbonyl (C=O) groups excluding carboxylic acids is 2. The predicted molar refractivity (Wildman–Crippen MR) is 110 cm³/mol. The Morgan fingerprint density at radius 3 is 2.64 bits per heavy atom. The van der Waals surface area contributed by atoms with Crippen LogP contribution in [0.15, 0.2) is 56.0 Å². The highest BCUT2D eigenvalue weighted by molar-refractivity contribution is 9.11. The Hall–Kier alpha value is -2.28. The third kappa shape index (κ3) is 5.16. The number of thiazole rings is 1. The maximum Gasteiger partial charge on any atom is 0.340 e. The van der Waals surface area contributed by atoms with Gasteiger partial charge in [0.2, 0.25) is 0 Å². The van der Waals surface area contributed by atoms with Gasteiger partial charge in [0, 0.05) is 0 Å². The van der Waals surface area contributed by atoms with Crippen LogP contribution < -0.4 is 10.0 Å². The van der Waals surface area contributed by atoms with E-state index >= 15 is 0 Å². The Bertz CT molecular complexity index is 1100. The van der Waals surface area contributed by atoms with Gasteiger partial charge in [-0.3, -0.25) is 14.8 Å². The molecule has 1 amide bonds. The number of sulfonamides is 1. The molecule has 1 aromatic carbocycles. The molecule has 2 N–H and O–H groups in total. The number of amides is 1. The summed E-state index contributed by atoms with van der Waals surface area (Å²) in [5.74, 6) is -1.40. The third-order valence-corrected chi connectivity index (χ3v) is 7.36. The van der Waals surface area contributed by atoms with Crippen molar-refractivity contribution in [2.45, 2.75) is 4.21 Å². The monoisotopic (exact) mass is 501 g/mol. The molecular weight excluding hydrogens is 490 g/mol. The molecule has 3 rings (SSSR count). The summed E-state index contributed by atoms with van der Waals surface area (Å²) in [4.78, 5) is 28.2. The summed E-state index contributed by atoms with van der Waals surface area (Å²) in [6, 6.07) is 9.05. The molecule has 28 heavy (non-hydrogen) atoms. The Morgan fingerprint density at radius 1 is 1.18 bits per heavy atom. The highest BCUT2D eigenvalue weighted by Crippen LogP contribution is 2.24. The molecular formula is C16H12BrN3O5S3. The molecule has 0 aliphatic heterocycles. The van der Waals surface area contributed by atoms with E-state index in [1.165, 1.54) is 35.7 Å². The fourth-order valence-corrected chi connectivity index (χ4v) is 5.23. The SMILES string of the molecule is O=C(COC(=O)c1ccccc1NS(=O)(=O)c1cccs1)Nc1ncc(Br)s1. The lowest BCUT2D eigenvalue weighted by atomic mass is 10.2. The Balaban J connectivity index is 1.66. The highest BCUT2D eigenvalue weighted by atomic mass is 79.9. The predicted octanol–water partition coefficient (Wildman–Crippen LogP) is 3.56. The minimum Gasteiger partial charge on any atom is -0.452 e. The van der Waals surface area contributed by atoms with E-state index < -0.39 is 28.5 Å². The highest BCUT2D eigenvalue weighted by Gasteiger charge is 2.20.